The van der Waals surface area contributed by atoms with Gasteiger partial charge in [0.1, 0.15) is 0 Å². The highest BCUT2D eigenvalue weighted by atomic mass is 16.5. The topological polar surface area (TPSA) is 87.0 Å². The average Bonchev–Trinajstić information content (AvgIpc) is 2.88. The first-order chi connectivity index (χ1) is 13.3. The van der Waals surface area contributed by atoms with Gasteiger partial charge in [-0.2, -0.15) is 0 Å². The minimum absolute atomic E-state index is 0.0451. The molecule has 3 N–H and O–H groups in total. The number of carbonyl (C=O) groups excluding carboxylic acids is 1. The molecule has 1 fully saturated rings. The summed E-state index contributed by atoms with van der Waals surface area (Å²) in [6, 6.07) is 0. The Hall–Kier alpha value is -1.17. The minimum Gasteiger partial charge on any atom is -0.463 e. The van der Waals surface area contributed by atoms with Crippen molar-refractivity contribution in [3.8, 4) is 0 Å². The molecule has 0 radical (unpaired) electrons. The second kappa shape index (κ2) is 13.9. The fourth-order valence-corrected chi connectivity index (χ4v) is 3.72. The van der Waals surface area contributed by atoms with Crippen LogP contribution in [0.25, 0.3) is 0 Å². The number of aliphatic hydroxyl groups excluding tert-OH is 3. The van der Waals surface area contributed by atoms with Gasteiger partial charge in [-0.05, 0) is 45.4 Å². The summed E-state index contributed by atoms with van der Waals surface area (Å²) < 4.78 is 5.10. The number of ether oxygens (including phenoxy) is 1. The van der Waals surface area contributed by atoms with E-state index in [9.17, 15) is 20.1 Å². The largest absolute Gasteiger partial charge is 0.463 e. The second-order valence-corrected chi connectivity index (χ2v) is 8.20. The van der Waals surface area contributed by atoms with Gasteiger partial charge in [0.05, 0.1) is 24.4 Å². The summed E-state index contributed by atoms with van der Waals surface area (Å²) in [4.78, 5) is 11.5. The molecule has 5 heteroatoms. The summed E-state index contributed by atoms with van der Waals surface area (Å²) in [6.45, 7) is 5.82. The average molecular weight is 397 g/mol. The van der Waals surface area contributed by atoms with Crippen molar-refractivity contribution in [1.82, 2.24) is 0 Å². The van der Waals surface area contributed by atoms with Gasteiger partial charge in [-0.15, -0.1) is 0 Å². The third kappa shape index (κ3) is 9.85. The van der Waals surface area contributed by atoms with Crippen LogP contribution in [-0.4, -0.2) is 45.7 Å². The Morgan fingerprint density at radius 2 is 1.89 bits per heavy atom. The van der Waals surface area contributed by atoms with Crippen LogP contribution in [0.2, 0.25) is 0 Å². The molecule has 162 valence electrons. The van der Waals surface area contributed by atoms with E-state index in [-0.39, 0.29) is 23.9 Å². The smallest absolute Gasteiger partial charge is 0.306 e. The van der Waals surface area contributed by atoms with Gasteiger partial charge in [-0.3, -0.25) is 4.79 Å². The first-order valence-corrected chi connectivity index (χ1v) is 10.9. The van der Waals surface area contributed by atoms with Crippen molar-refractivity contribution in [1.29, 1.82) is 0 Å². The third-order valence-electron chi connectivity index (χ3n) is 5.27. The normalized spacial score (nSPS) is 26.5. The van der Waals surface area contributed by atoms with Crippen molar-refractivity contribution in [2.75, 3.05) is 0 Å². The Balaban J connectivity index is 2.41. The molecule has 0 spiro atoms. The van der Waals surface area contributed by atoms with Crippen LogP contribution in [0.3, 0.4) is 0 Å². The minimum atomic E-state index is -0.571. The van der Waals surface area contributed by atoms with Gasteiger partial charge in [0, 0.05) is 18.8 Å². The molecule has 0 amide bonds. The van der Waals surface area contributed by atoms with Gasteiger partial charge in [0.2, 0.25) is 0 Å². The number of aliphatic hydroxyl groups is 3. The number of allylic oxidation sites excluding steroid dienone is 2. The molecule has 0 unspecified atom stereocenters. The molecule has 28 heavy (non-hydrogen) atoms. The number of carbonyl (C=O) groups is 1. The van der Waals surface area contributed by atoms with Crippen LogP contribution >= 0.6 is 0 Å². The molecule has 1 aliphatic carbocycles. The van der Waals surface area contributed by atoms with Crippen LogP contribution in [0.15, 0.2) is 24.3 Å². The van der Waals surface area contributed by atoms with E-state index in [1.165, 1.54) is 0 Å². The third-order valence-corrected chi connectivity index (χ3v) is 5.27. The summed E-state index contributed by atoms with van der Waals surface area (Å²) >= 11 is 0. The maximum absolute atomic E-state index is 11.5. The zero-order chi connectivity index (χ0) is 20.9. The summed E-state index contributed by atoms with van der Waals surface area (Å²) in [6.07, 6.45) is 13.0. The fourth-order valence-electron chi connectivity index (χ4n) is 3.72. The van der Waals surface area contributed by atoms with E-state index in [1.807, 2.05) is 32.1 Å². The molecule has 0 saturated heterocycles. The number of esters is 1. The Labute approximate surface area is 170 Å². The Kier molecular flexibility index (Phi) is 12.4. The molecule has 1 aliphatic rings. The van der Waals surface area contributed by atoms with Crippen molar-refractivity contribution >= 4 is 5.97 Å². The second-order valence-electron chi connectivity index (χ2n) is 8.20. The lowest BCUT2D eigenvalue weighted by molar-refractivity contribution is -0.147. The van der Waals surface area contributed by atoms with Gasteiger partial charge < -0.3 is 20.1 Å². The van der Waals surface area contributed by atoms with Crippen LogP contribution in [0.1, 0.15) is 78.6 Å². The zero-order valence-corrected chi connectivity index (χ0v) is 17.8. The van der Waals surface area contributed by atoms with Crippen LogP contribution in [-0.2, 0) is 9.53 Å². The SMILES string of the molecule is CCCCC[C@H](O)C=C[C@@H]1[C@@H](C/C=C/CCCC(=O)OC(C)C)[C@@H](O)C[C@@H]1O. The summed E-state index contributed by atoms with van der Waals surface area (Å²) in [7, 11) is 0. The van der Waals surface area contributed by atoms with Crippen molar-refractivity contribution < 1.29 is 24.9 Å². The molecule has 0 heterocycles. The van der Waals surface area contributed by atoms with Gasteiger partial charge in [-0.25, -0.2) is 0 Å². The summed E-state index contributed by atoms with van der Waals surface area (Å²) in [5, 5.41) is 30.6. The van der Waals surface area contributed by atoms with E-state index in [1.54, 1.807) is 6.08 Å². The predicted octanol–water partition coefficient (Wildman–Crippen LogP) is 3.91. The molecule has 0 aromatic carbocycles. The Bertz CT molecular complexity index is 485. The number of unbranched alkanes of at least 4 members (excludes halogenated alkanes) is 3. The Morgan fingerprint density at radius 3 is 2.57 bits per heavy atom. The fraction of sp³-hybridized carbons (Fsp3) is 0.783. The van der Waals surface area contributed by atoms with Crippen LogP contribution in [0.4, 0.5) is 0 Å². The van der Waals surface area contributed by atoms with E-state index in [2.05, 4.69) is 6.92 Å². The predicted molar refractivity (Wildman–Crippen MR) is 112 cm³/mol. The van der Waals surface area contributed by atoms with Crippen molar-refractivity contribution in [3.05, 3.63) is 24.3 Å². The Morgan fingerprint density at radius 1 is 1.14 bits per heavy atom. The maximum atomic E-state index is 11.5. The standard InChI is InChI=1S/C23H40O5/c1-4-5-8-11-18(24)14-15-20-19(21(25)16-22(20)26)12-9-6-7-10-13-23(27)28-17(2)3/h6,9,14-15,17-22,24-26H,4-5,7-8,10-13,16H2,1-3H3/b9-6+,15-14?/t18-,19+,20+,21-,22-/m0/s1. The molecular weight excluding hydrogens is 356 g/mol. The van der Waals surface area contributed by atoms with E-state index in [0.29, 0.717) is 19.3 Å². The highest BCUT2D eigenvalue weighted by Crippen LogP contribution is 2.36. The molecule has 0 bridgehead atoms. The van der Waals surface area contributed by atoms with Crippen LogP contribution in [0, 0.1) is 11.8 Å². The summed E-state index contributed by atoms with van der Waals surface area (Å²) in [5.74, 6) is -0.349. The van der Waals surface area contributed by atoms with E-state index in [0.717, 1.165) is 38.5 Å². The van der Waals surface area contributed by atoms with Gasteiger partial charge in [0.15, 0.2) is 0 Å². The maximum Gasteiger partial charge on any atom is 0.306 e. The molecule has 5 atom stereocenters. The van der Waals surface area contributed by atoms with E-state index in [4.69, 9.17) is 4.74 Å². The molecule has 5 nitrogen and oxygen atoms in total. The summed E-state index contributed by atoms with van der Waals surface area (Å²) in [5.41, 5.74) is 0. The lowest BCUT2D eigenvalue weighted by Crippen LogP contribution is -2.20. The number of hydrogen-bond acceptors (Lipinski definition) is 5. The molecule has 0 aliphatic heterocycles. The molecule has 0 aromatic heterocycles. The van der Waals surface area contributed by atoms with E-state index < -0.39 is 18.3 Å². The zero-order valence-electron chi connectivity index (χ0n) is 17.8. The lowest BCUT2D eigenvalue weighted by Gasteiger charge is -2.19. The van der Waals surface area contributed by atoms with Crippen LogP contribution in [0.5, 0.6) is 0 Å². The first-order valence-electron chi connectivity index (χ1n) is 10.9. The monoisotopic (exact) mass is 396 g/mol. The molecule has 1 saturated carbocycles. The van der Waals surface area contributed by atoms with Gasteiger partial charge in [0.25, 0.3) is 0 Å². The van der Waals surface area contributed by atoms with Gasteiger partial charge in [-0.1, -0.05) is 50.5 Å². The highest BCUT2D eigenvalue weighted by molar-refractivity contribution is 5.69. The highest BCUT2D eigenvalue weighted by Gasteiger charge is 2.39. The van der Waals surface area contributed by atoms with E-state index >= 15 is 0 Å². The lowest BCUT2D eigenvalue weighted by atomic mass is 9.89. The van der Waals surface area contributed by atoms with Crippen molar-refractivity contribution in [3.63, 3.8) is 0 Å². The van der Waals surface area contributed by atoms with Crippen LogP contribution < -0.4 is 0 Å². The quantitative estimate of drug-likeness (QED) is 0.250. The van der Waals surface area contributed by atoms with Crippen molar-refractivity contribution in [2.45, 2.75) is 103 Å². The number of rotatable bonds is 13. The number of hydrogen-bond donors (Lipinski definition) is 3. The van der Waals surface area contributed by atoms with Gasteiger partial charge >= 0.3 is 5.97 Å². The molecular formula is C23H40O5. The first kappa shape index (κ1) is 24.9. The molecule has 1 rings (SSSR count). The molecule has 0 aromatic rings. The van der Waals surface area contributed by atoms with Crippen molar-refractivity contribution in [2.24, 2.45) is 11.8 Å².